The van der Waals surface area contributed by atoms with Crippen LogP contribution in [0, 0.1) is 0 Å². The number of nitrogens with zero attached hydrogens (tertiary/aromatic N) is 2. The van der Waals surface area contributed by atoms with Crippen molar-refractivity contribution >= 4 is 22.9 Å². The first-order chi connectivity index (χ1) is 10.3. The van der Waals surface area contributed by atoms with Crippen molar-refractivity contribution in [3.8, 4) is 0 Å². The highest BCUT2D eigenvalue weighted by atomic mass is 16.2. The Labute approximate surface area is 122 Å². The molecule has 0 fully saturated rings. The number of aromatic nitrogens is 1. The Bertz CT molecular complexity index is 797. The second kappa shape index (κ2) is 5.96. The molecule has 0 aliphatic heterocycles. The number of benzene rings is 2. The van der Waals surface area contributed by atoms with Gasteiger partial charge in [-0.15, -0.1) is 0 Å². The number of hydrogen-bond acceptors (Lipinski definition) is 3. The molecule has 0 saturated heterocycles. The summed E-state index contributed by atoms with van der Waals surface area (Å²) in [6.07, 6.45) is 4.75. The summed E-state index contributed by atoms with van der Waals surface area (Å²) in [5.74, 6) is -0.278. The summed E-state index contributed by atoms with van der Waals surface area (Å²) in [6, 6.07) is 17.5. The SMILES string of the molecule is O=C(N/N=C/c1ccc2ccccc2c1)c1cccnc1. The zero-order chi connectivity index (χ0) is 14.5. The van der Waals surface area contributed by atoms with E-state index in [0.29, 0.717) is 5.56 Å². The predicted octanol–water partition coefficient (Wildman–Crippen LogP) is 3.00. The van der Waals surface area contributed by atoms with Gasteiger partial charge in [0.25, 0.3) is 5.91 Å². The van der Waals surface area contributed by atoms with Gasteiger partial charge in [0, 0.05) is 12.4 Å². The largest absolute Gasteiger partial charge is 0.272 e. The van der Waals surface area contributed by atoms with Crippen molar-refractivity contribution < 1.29 is 4.79 Å². The molecule has 0 saturated carbocycles. The summed E-state index contributed by atoms with van der Waals surface area (Å²) in [5, 5.41) is 6.29. The molecule has 0 radical (unpaired) electrons. The molecule has 0 spiro atoms. The van der Waals surface area contributed by atoms with Crippen LogP contribution in [0.25, 0.3) is 10.8 Å². The van der Waals surface area contributed by atoms with Gasteiger partial charge < -0.3 is 0 Å². The average Bonchev–Trinajstić information content (AvgIpc) is 2.55. The minimum absolute atomic E-state index is 0.278. The Balaban J connectivity index is 1.71. The van der Waals surface area contributed by atoms with E-state index in [4.69, 9.17) is 0 Å². The number of hydrogen-bond donors (Lipinski definition) is 1. The van der Waals surface area contributed by atoms with Gasteiger partial charge in [0.05, 0.1) is 11.8 Å². The van der Waals surface area contributed by atoms with E-state index in [9.17, 15) is 4.79 Å². The van der Waals surface area contributed by atoms with Gasteiger partial charge in [-0.2, -0.15) is 5.10 Å². The van der Waals surface area contributed by atoms with Crippen LogP contribution in [0.5, 0.6) is 0 Å². The number of nitrogens with one attached hydrogen (secondary N) is 1. The molecule has 4 heteroatoms. The maximum Gasteiger partial charge on any atom is 0.272 e. The van der Waals surface area contributed by atoms with E-state index in [1.807, 2.05) is 36.4 Å². The summed E-state index contributed by atoms with van der Waals surface area (Å²) >= 11 is 0. The fourth-order valence-electron chi connectivity index (χ4n) is 2.02. The Morgan fingerprint density at radius 3 is 2.71 bits per heavy atom. The molecule has 1 aromatic heterocycles. The van der Waals surface area contributed by atoms with E-state index in [0.717, 1.165) is 10.9 Å². The quantitative estimate of drug-likeness (QED) is 0.590. The standard InChI is InChI=1S/C17H13N3O/c21-17(16-6-3-9-18-12-16)20-19-11-13-7-8-14-4-1-2-5-15(14)10-13/h1-12H,(H,20,21)/b19-11+. The lowest BCUT2D eigenvalue weighted by molar-refractivity contribution is 0.0955. The normalized spacial score (nSPS) is 10.9. The fraction of sp³-hybridized carbons (Fsp3) is 0. The lowest BCUT2D eigenvalue weighted by atomic mass is 10.1. The maximum absolute atomic E-state index is 11.8. The Morgan fingerprint density at radius 1 is 1.05 bits per heavy atom. The Morgan fingerprint density at radius 2 is 1.90 bits per heavy atom. The zero-order valence-electron chi connectivity index (χ0n) is 11.2. The van der Waals surface area contributed by atoms with Gasteiger partial charge in [-0.3, -0.25) is 9.78 Å². The van der Waals surface area contributed by atoms with Crippen LogP contribution in [0.3, 0.4) is 0 Å². The van der Waals surface area contributed by atoms with Crippen LogP contribution in [-0.2, 0) is 0 Å². The molecule has 0 bridgehead atoms. The molecule has 3 aromatic rings. The van der Waals surface area contributed by atoms with Crippen molar-refractivity contribution in [1.29, 1.82) is 0 Å². The highest BCUT2D eigenvalue weighted by Crippen LogP contribution is 2.14. The van der Waals surface area contributed by atoms with Gasteiger partial charge in [-0.25, -0.2) is 5.43 Å². The smallest absolute Gasteiger partial charge is 0.267 e. The minimum Gasteiger partial charge on any atom is -0.267 e. The van der Waals surface area contributed by atoms with Crippen molar-refractivity contribution in [2.45, 2.75) is 0 Å². The predicted molar refractivity (Wildman–Crippen MR) is 83.2 cm³/mol. The molecule has 4 nitrogen and oxygen atoms in total. The Hall–Kier alpha value is -3.01. The lowest BCUT2D eigenvalue weighted by Gasteiger charge is -2.00. The number of pyridine rings is 1. The molecule has 2 aromatic carbocycles. The molecule has 1 N–H and O–H groups in total. The van der Waals surface area contributed by atoms with Crippen LogP contribution in [0.4, 0.5) is 0 Å². The molecule has 0 aliphatic rings. The molecule has 21 heavy (non-hydrogen) atoms. The molecule has 0 atom stereocenters. The summed E-state index contributed by atoms with van der Waals surface area (Å²) in [6.45, 7) is 0. The summed E-state index contributed by atoms with van der Waals surface area (Å²) < 4.78 is 0. The van der Waals surface area contributed by atoms with E-state index >= 15 is 0 Å². The highest BCUT2D eigenvalue weighted by molar-refractivity contribution is 5.95. The van der Waals surface area contributed by atoms with E-state index in [-0.39, 0.29) is 5.91 Å². The third-order valence-electron chi connectivity index (χ3n) is 3.08. The van der Waals surface area contributed by atoms with E-state index in [1.165, 1.54) is 11.6 Å². The van der Waals surface area contributed by atoms with E-state index in [1.54, 1.807) is 24.5 Å². The van der Waals surface area contributed by atoms with E-state index in [2.05, 4.69) is 21.6 Å². The number of carbonyl (C=O) groups excluding carboxylic acids is 1. The molecule has 102 valence electrons. The second-order valence-electron chi connectivity index (χ2n) is 4.55. The van der Waals surface area contributed by atoms with Crippen LogP contribution in [0.15, 0.2) is 72.1 Å². The number of rotatable bonds is 3. The molecule has 3 rings (SSSR count). The summed E-state index contributed by atoms with van der Waals surface area (Å²) in [7, 11) is 0. The van der Waals surface area contributed by atoms with Gasteiger partial charge in [0.15, 0.2) is 0 Å². The van der Waals surface area contributed by atoms with Gasteiger partial charge in [-0.1, -0.05) is 36.4 Å². The van der Waals surface area contributed by atoms with Gasteiger partial charge in [-0.05, 0) is 34.5 Å². The third kappa shape index (κ3) is 3.12. The highest BCUT2D eigenvalue weighted by Gasteiger charge is 2.02. The maximum atomic E-state index is 11.8. The molecular weight excluding hydrogens is 262 g/mol. The Kier molecular flexibility index (Phi) is 3.69. The first-order valence-electron chi connectivity index (χ1n) is 6.55. The van der Waals surface area contributed by atoms with Crippen LogP contribution in [0.1, 0.15) is 15.9 Å². The van der Waals surface area contributed by atoms with Crippen LogP contribution in [-0.4, -0.2) is 17.1 Å². The number of fused-ring (bicyclic) bond motifs is 1. The van der Waals surface area contributed by atoms with Crippen LogP contribution in [0.2, 0.25) is 0 Å². The van der Waals surface area contributed by atoms with Crippen molar-refractivity contribution in [1.82, 2.24) is 10.4 Å². The number of hydrazone groups is 1. The second-order valence-corrected chi connectivity index (χ2v) is 4.55. The number of amides is 1. The van der Waals surface area contributed by atoms with Crippen molar-refractivity contribution in [3.63, 3.8) is 0 Å². The topological polar surface area (TPSA) is 54.4 Å². The number of carbonyl (C=O) groups is 1. The lowest BCUT2D eigenvalue weighted by Crippen LogP contribution is -2.17. The van der Waals surface area contributed by atoms with E-state index < -0.39 is 0 Å². The van der Waals surface area contributed by atoms with Crippen LogP contribution < -0.4 is 5.43 Å². The average molecular weight is 275 g/mol. The third-order valence-corrected chi connectivity index (χ3v) is 3.08. The summed E-state index contributed by atoms with van der Waals surface area (Å²) in [5.41, 5.74) is 3.90. The molecule has 0 unspecified atom stereocenters. The zero-order valence-corrected chi connectivity index (χ0v) is 11.2. The van der Waals surface area contributed by atoms with Crippen molar-refractivity contribution in [3.05, 3.63) is 78.1 Å². The molecule has 1 heterocycles. The van der Waals surface area contributed by atoms with Gasteiger partial charge in [0.2, 0.25) is 0 Å². The first-order valence-corrected chi connectivity index (χ1v) is 6.55. The molecule has 1 amide bonds. The van der Waals surface area contributed by atoms with Crippen molar-refractivity contribution in [2.24, 2.45) is 5.10 Å². The molecular formula is C17H13N3O. The molecule has 0 aliphatic carbocycles. The fourth-order valence-corrected chi connectivity index (χ4v) is 2.02. The minimum atomic E-state index is -0.278. The first kappa shape index (κ1) is 13.0. The van der Waals surface area contributed by atoms with Gasteiger partial charge in [0.1, 0.15) is 0 Å². The van der Waals surface area contributed by atoms with Crippen LogP contribution >= 0.6 is 0 Å². The monoisotopic (exact) mass is 275 g/mol. The van der Waals surface area contributed by atoms with Gasteiger partial charge >= 0.3 is 0 Å². The van der Waals surface area contributed by atoms with Crippen molar-refractivity contribution in [2.75, 3.05) is 0 Å². The summed E-state index contributed by atoms with van der Waals surface area (Å²) in [4.78, 5) is 15.7.